The second-order valence-electron chi connectivity index (χ2n) is 6.74. The maximum atomic E-state index is 13.5. The minimum Gasteiger partial charge on any atom is -0.319 e. The van der Waals surface area contributed by atoms with Crippen LogP contribution in [0.2, 0.25) is 0 Å². The molecule has 0 aromatic heterocycles. The normalized spacial score (nSPS) is 24.1. The summed E-state index contributed by atoms with van der Waals surface area (Å²) in [4.78, 5) is 0. The summed E-state index contributed by atoms with van der Waals surface area (Å²) in [6.45, 7) is 0.970. The van der Waals surface area contributed by atoms with E-state index >= 15 is 0 Å². The van der Waals surface area contributed by atoms with E-state index < -0.39 is 0 Å². The van der Waals surface area contributed by atoms with Gasteiger partial charge in [0.05, 0.1) is 0 Å². The summed E-state index contributed by atoms with van der Waals surface area (Å²) in [6.07, 6.45) is 9.43. The molecule has 0 atom stereocenters. The highest BCUT2D eigenvalue weighted by molar-refractivity contribution is 5.32. The fraction of sp³-hybridized carbons (Fsp3) is 0.647. The Morgan fingerprint density at radius 2 is 1.89 bits per heavy atom. The van der Waals surface area contributed by atoms with Crippen molar-refractivity contribution in [2.45, 2.75) is 50.4 Å². The first-order valence-electron chi connectivity index (χ1n) is 7.59. The van der Waals surface area contributed by atoms with Crippen molar-refractivity contribution < 1.29 is 4.39 Å². The lowest BCUT2D eigenvalue weighted by Crippen LogP contribution is -2.55. The van der Waals surface area contributed by atoms with Crippen LogP contribution in [-0.2, 0) is 5.41 Å². The zero-order valence-electron chi connectivity index (χ0n) is 11.8. The zero-order valence-corrected chi connectivity index (χ0v) is 11.8. The highest BCUT2D eigenvalue weighted by atomic mass is 19.1. The summed E-state index contributed by atoms with van der Waals surface area (Å²) in [6, 6.07) is 7.25. The molecule has 3 rings (SSSR count). The molecule has 104 valence electrons. The number of hydrogen-bond donors (Lipinski definition) is 1. The van der Waals surface area contributed by atoms with E-state index in [2.05, 4.69) is 11.4 Å². The van der Waals surface area contributed by atoms with Crippen LogP contribution in [0.3, 0.4) is 0 Å². The van der Waals surface area contributed by atoms with Gasteiger partial charge in [0.1, 0.15) is 5.82 Å². The Kier molecular flexibility index (Phi) is 3.38. The summed E-state index contributed by atoms with van der Waals surface area (Å²) in [5.74, 6) is -0.0995. The van der Waals surface area contributed by atoms with Gasteiger partial charge in [-0.3, -0.25) is 0 Å². The lowest BCUT2D eigenvalue weighted by atomic mass is 9.46. The number of likely N-dealkylation sites (N-methyl/N-ethyl adjacent to an activating group) is 1. The van der Waals surface area contributed by atoms with Gasteiger partial charge in [-0.25, -0.2) is 4.39 Å². The molecule has 0 unspecified atom stereocenters. The molecule has 2 heteroatoms. The summed E-state index contributed by atoms with van der Waals surface area (Å²) >= 11 is 0. The van der Waals surface area contributed by atoms with Gasteiger partial charge in [0.2, 0.25) is 0 Å². The van der Waals surface area contributed by atoms with E-state index in [1.54, 1.807) is 12.1 Å². The third-order valence-electron chi connectivity index (χ3n) is 5.29. The van der Waals surface area contributed by atoms with Gasteiger partial charge >= 0.3 is 0 Å². The van der Waals surface area contributed by atoms with Gasteiger partial charge in [0.15, 0.2) is 0 Å². The van der Waals surface area contributed by atoms with Crippen LogP contribution >= 0.6 is 0 Å². The van der Waals surface area contributed by atoms with Crippen LogP contribution in [0.25, 0.3) is 0 Å². The van der Waals surface area contributed by atoms with Crippen molar-refractivity contribution in [3.05, 3.63) is 35.6 Å². The molecule has 1 spiro atoms. The molecule has 1 nitrogen and oxygen atoms in total. The summed E-state index contributed by atoms with van der Waals surface area (Å²) < 4.78 is 13.5. The molecular weight excluding hydrogens is 237 g/mol. The summed E-state index contributed by atoms with van der Waals surface area (Å²) in [5, 5.41) is 3.33. The Hall–Kier alpha value is -0.890. The minimum atomic E-state index is -0.0995. The molecule has 2 aliphatic carbocycles. The molecule has 2 aliphatic rings. The number of nitrogens with one attached hydrogen (secondary N) is 1. The summed E-state index contributed by atoms with van der Waals surface area (Å²) in [5.41, 5.74) is 1.94. The standard InChI is InChI=1S/C17H24FN/c1-19-13-17(14-6-5-7-15(18)10-14)11-16(12-17)8-3-2-4-9-16/h5-7,10,19H,2-4,8-9,11-13H2,1H3. The van der Waals surface area contributed by atoms with Crippen molar-refractivity contribution in [3.63, 3.8) is 0 Å². The average Bonchev–Trinajstić information content (AvgIpc) is 2.38. The van der Waals surface area contributed by atoms with Gasteiger partial charge in [-0.15, -0.1) is 0 Å². The van der Waals surface area contributed by atoms with Crippen molar-refractivity contribution in [1.29, 1.82) is 0 Å². The Labute approximate surface area is 115 Å². The van der Waals surface area contributed by atoms with Crippen LogP contribution in [0.1, 0.15) is 50.5 Å². The molecule has 0 aliphatic heterocycles. The van der Waals surface area contributed by atoms with Crippen molar-refractivity contribution in [1.82, 2.24) is 5.32 Å². The van der Waals surface area contributed by atoms with Gasteiger partial charge in [0, 0.05) is 12.0 Å². The van der Waals surface area contributed by atoms with E-state index in [0.717, 1.165) is 6.54 Å². The smallest absolute Gasteiger partial charge is 0.123 e. The first-order valence-corrected chi connectivity index (χ1v) is 7.59. The van der Waals surface area contributed by atoms with Gasteiger partial charge in [0.25, 0.3) is 0 Å². The van der Waals surface area contributed by atoms with Gasteiger partial charge in [-0.1, -0.05) is 31.4 Å². The second-order valence-corrected chi connectivity index (χ2v) is 6.74. The van der Waals surface area contributed by atoms with Crippen molar-refractivity contribution in [3.8, 4) is 0 Å². The van der Waals surface area contributed by atoms with E-state index in [1.165, 1.54) is 50.5 Å². The Bertz CT molecular complexity index is 440. The van der Waals surface area contributed by atoms with E-state index in [9.17, 15) is 4.39 Å². The monoisotopic (exact) mass is 261 g/mol. The Balaban J connectivity index is 1.82. The van der Waals surface area contributed by atoms with Gasteiger partial charge in [-0.05, 0) is 55.8 Å². The van der Waals surface area contributed by atoms with Crippen molar-refractivity contribution in [2.75, 3.05) is 13.6 Å². The van der Waals surface area contributed by atoms with Crippen molar-refractivity contribution in [2.24, 2.45) is 5.41 Å². The van der Waals surface area contributed by atoms with Crippen LogP contribution in [0.15, 0.2) is 24.3 Å². The van der Waals surface area contributed by atoms with Crippen LogP contribution in [0.5, 0.6) is 0 Å². The Morgan fingerprint density at radius 1 is 1.16 bits per heavy atom. The van der Waals surface area contributed by atoms with Gasteiger partial charge in [-0.2, -0.15) is 0 Å². The number of hydrogen-bond acceptors (Lipinski definition) is 1. The van der Waals surface area contributed by atoms with E-state index in [-0.39, 0.29) is 11.2 Å². The molecule has 0 bridgehead atoms. The third kappa shape index (κ3) is 2.31. The predicted octanol–water partition coefficient (Wildman–Crippen LogP) is 4.03. The molecule has 0 radical (unpaired) electrons. The topological polar surface area (TPSA) is 12.0 Å². The molecule has 2 saturated carbocycles. The van der Waals surface area contributed by atoms with Gasteiger partial charge < -0.3 is 5.32 Å². The molecule has 1 aromatic rings. The molecule has 1 aromatic carbocycles. The van der Waals surface area contributed by atoms with Crippen LogP contribution in [-0.4, -0.2) is 13.6 Å². The number of rotatable bonds is 3. The first-order chi connectivity index (χ1) is 9.18. The van der Waals surface area contributed by atoms with Crippen molar-refractivity contribution >= 4 is 0 Å². The van der Waals surface area contributed by atoms with Crippen LogP contribution < -0.4 is 5.32 Å². The molecule has 0 amide bonds. The second kappa shape index (κ2) is 4.90. The minimum absolute atomic E-state index is 0.0995. The lowest BCUT2D eigenvalue weighted by molar-refractivity contribution is -0.0120. The van der Waals surface area contributed by atoms with Crippen LogP contribution in [0, 0.1) is 11.2 Å². The van der Waals surface area contributed by atoms with E-state index in [0.29, 0.717) is 5.41 Å². The predicted molar refractivity (Wildman–Crippen MR) is 76.8 cm³/mol. The molecule has 0 saturated heterocycles. The maximum Gasteiger partial charge on any atom is 0.123 e. The number of benzene rings is 1. The largest absolute Gasteiger partial charge is 0.319 e. The highest BCUT2D eigenvalue weighted by Crippen LogP contribution is 2.61. The van der Waals surface area contributed by atoms with E-state index in [1.807, 2.05) is 13.1 Å². The molecule has 1 N–H and O–H groups in total. The molecular formula is C17H24FN. The fourth-order valence-electron chi connectivity index (χ4n) is 4.63. The number of halogens is 1. The van der Waals surface area contributed by atoms with E-state index in [4.69, 9.17) is 0 Å². The highest BCUT2D eigenvalue weighted by Gasteiger charge is 2.54. The molecule has 2 fully saturated rings. The first kappa shape index (κ1) is 13.1. The lowest BCUT2D eigenvalue weighted by Gasteiger charge is -2.59. The molecule has 0 heterocycles. The zero-order chi connectivity index (χ0) is 13.3. The maximum absolute atomic E-state index is 13.5. The quantitative estimate of drug-likeness (QED) is 0.866. The summed E-state index contributed by atoms with van der Waals surface area (Å²) in [7, 11) is 2.01. The average molecular weight is 261 g/mol. The molecule has 19 heavy (non-hydrogen) atoms. The SMILES string of the molecule is CNCC1(c2cccc(F)c2)CC2(CCCCC2)C1. The van der Waals surface area contributed by atoms with Crippen LogP contribution in [0.4, 0.5) is 4.39 Å². The Morgan fingerprint density at radius 3 is 2.53 bits per heavy atom. The fourth-order valence-corrected chi connectivity index (χ4v) is 4.63. The third-order valence-corrected chi connectivity index (χ3v) is 5.29.